The summed E-state index contributed by atoms with van der Waals surface area (Å²) in [5.74, 6) is 0.221. The molecule has 1 aromatic rings. The highest BCUT2D eigenvalue weighted by Crippen LogP contribution is 2.26. The van der Waals surface area contributed by atoms with Gasteiger partial charge in [0.05, 0.1) is 0 Å². The molecule has 3 heteroatoms. The van der Waals surface area contributed by atoms with E-state index in [1.54, 1.807) is 18.2 Å². The third kappa shape index (κ3) is 1.68. The second-order valence-electron chi connectivity index (χ2n) is 2.83. The molecule has 0 aliphatic heterocycles. The van der Waals surface area contributed by atoms with E-state index in [2.05, 4.69) is 0 Å². The standard InChI is InChI=1S/C9H14N2O/c1-2-8(11)7-5-6(10)3-4-9(7)12/h3-5,8,12H,2,10-11H2,1H3/t8-/m1/s1. The molecule has 0 aromatic heterocycles. The van der Waals surface area contributed by atoms with E-state index in [9.17, 15) is 5.11 Å². The lowest BCUT2D eigenvalue weighted by Gasteiger charge is -2.11. The number of phenolic OH excluding ortho intramolecular Hbond substituents is 1. The van der Waals surface area contributed by atoms with Crippen molar-refractivity contribution in [2.24, 2.45) is 5.73 Å². The first-order valence-electron chi connectivity index (χ1n) is 3.99. The Hall–Kier alpha value is -1.22. The minimum atomic E-state index is -0.131. The second-order valence-corrected chi connectivity index (χ2v) is 2.83. The summed E-state index contributed by atoms with van der Waals surface area (Å²) in [4.78, 5) is 0. The predicted octanol–water partition coefficient (Wildman–Crippen LogP) is 1.38. The number of hydrogen-bond donors (Lipinski definition) is 3. The van der Waals surface area contributed by atoms with Crippen LogP contribution in [0.15, 0.2) is 18.2 Å². The van der Waals surface area contributed by atoms with Gasteiger partial charge >= 0.3 is 0 Å². The van der Waals surface area contributed by atoms with E-state index >= 15 is 0 Å². The molecule has 0 aliphatic rings. The summed E-state index contributed by atoms with van der Waals surface area (Å²) >= 11 is 0. The van der Waals surface area contributed by atoms with E-state index in [4.69, 9.17) is 11.5 Å². The van der Waals surface area contributed by atoms with E-state index in [1.807, 2.05) is 6.92 Å². The Balaban J connectivity index is 3.04. The minimum absolute atomic E-state index is 0.131. The van der Waals surface area contributed by atoms with Gasteiger partial charge < -0.3 is 16.6 Å². The van der Waals surface area contributed by atoms with E-state index in [-0.39, 0.29) is 11.8 Å². The van der Waals surface area contributed by atoms with Crippen molar-refractivity contribution in [3.05, 3.63) is 23.8 Å². The van der Waals surface area contributed by atoms with Crippen LogP contribution in [0.3, 0.4) is 0 Å². The van der Waals surface area contributed by atoms with Gasteiger partial charge in [-0.15, -0.1) is 0 Å². The van der Waals surface area contributed by atoms with Gasteiger partial charge in [0.2, 0.25) is 0 Å². The molecule has 0 unspecified atom stereocenters. The Morgan fingerprint density at radius 2 is 2.17 bits per heavy atom. The van der Waals surface area contributed by atoms with Crippen LogP contribution < -0.4 is 11.5 Å². The van der Waals surface area contributed by atoms with Crippen LogP contribution >= 0.6 is 0 Å². The maximum absolute atomic E-state index is 9.40. The van der Waals surface area contributed by atoms with E-state index in [0.717, 1.165) is 12.0 Å². The van der Waals surface area contributed by atoms with Crippen LogP contribution in [0.2, 0.25) is 0 Å². The number of nitrogen functional groups attached to an aromatic ring is 1. The van der Waals surface area contributed by atoms with Crippen LogP contribution in [0.25, 0.3) is 0 Å². The number of benzene rings is 1. The van der Waals surface area contributed by atoms with Gasteiger partial charge in [0.1, 0.15) is 5.75 Å². The van der Waals surface area contributed by atoms with Crippen molar-refractivity contribution < 1.29 is 5.11 Å². The number of anilines is 1. The molecule has 0 saturated heterocycles. The van der Waals surface area contributed by atoms with Crippen LogP contribution in [0.5, 0.6) is 5.75 Å². The summed E-state index contributed by atoms with van der Waals surface area (Å²) in [5, 5.41) is 9.40. The van der Waals surface area contributed by atoms with E-state index in [1.165, 1.54) is 0 Å². The van der Waals surface area contributed by atoms with Crippen molar-refractivity contribution in [3.63, 3.8) is 0 Å². The largest absolute Gasteiger partial charge is 0.508 e. The molecule has 1 aromatic carbocycles. The first-order valence-corrected chi connectivity index (χ1v) is 3.99. The summed E-state index contributed by atoms with van der Waals surface area (Å²) < 4.78 is 0. The molecule has 0 heterocycles. The third-order valence-electron chi connectivity index (χ3n) is 1.89. The normalized spacial score (nSPS) is 12.8. The highest BCUT2D eigenvalue weighted by atomic mass is 16.3. The number of aromatic hydroxyl groups is 1. The summed E-state index contributed by atoms with van der Waals surface area (Å²) in [5.41, 5.74) is 12.7. The molecule has 3 nitrogen and oxygen atoms in total. The SMILES string of the molecule is CC[C@@H](N)c1cc(N)ccc1O. The summed E-state index contributed by atoms with van der Waals surface area (Å²) in [6, 6.07) is 4.80. The molecule has 0 bridgehead atoms. The molecule has 0 saturated carbocycles. The first kappa shape index (κ1) is 8.87. The van der Waals surface area contributed by atoms with E-state index < -0.39 is 0 Å². The summed E-state index contributed by atoms with van der Waals surface area (Å²) in [6.07, 6.45) is 0.789. The van der Waals surface area contributed by atoms with Crippen molar-refractivity contribution in [3.8, 4) is 5.75 Å². The molecule has 1 rings (SSSR count). The molecule has 5 N–H and O–H groups in total. The highest BCUT2D eigenvalue weighted by molar-refractivity contribution is 5.48. The van der Waals surface area contributed by atoms with Gasteiger partial charge in [0.25, 0.3) is 0 Å². The zero-order valence-corrected chi connectivity index (χ0v) is 7.12. The maximum Gasteiger partial charge on any atom is 0.120 e. The molecular weight excluding hydrogens is 152 g/mol. The molecule has 0 fully saturated rings. The van der Waals surface area contributed by atoms with Gasteiger partial charge in [0.15, 0.2) is 0 Å². The van der Waals surface area contributed by atoms with Crippen molar-refractivity contribution in [1.29, 1.82) is 0 Å². The average molecular weight is 166 g/mol. The van der Waals surface area contributed by atoms with Crippen LogP contribution in [-0.4, -0.2) is 5.11 Å². The maximum atomic E-state index is 9.40. The van der Waals surface area contributed by atoms with Crippen molar-refractivity contribution >= 4 is 5.69 Å². The third-order valence-corrected chi connectivity index (χ3v) is 1.89. The van der Waals surface area contributed by atoms with Crippen molar-refractivity contribution in [2.45, 2.75) is 19.4 Å². The molecule has 0 aliphatic carbocycles. The molecule has 12 heavy (non-hydrogen) atoms. The zero-order valence-electron chi connectivity index (χ0n) is 7.12. The fourth-order valence-electron chi connectivity index (χ4n) is 1.09. The molecule has 0 amide bonds. The topological polar surface area (TPSA) is 72.3 Å². The van der Waals surface area contributed by atoms with Crippen LogP contribution in [0.4, 0.5) is 5.69 Å². The van der Waals surface area contributed by atoms with Crippen molar-refractivity contribution in [2.75, 3.05) is 5.73 Å². The Bertz CT molecular complexity index is 273. The lowest BCUT2D eigenvalue weighted by Crippen LogP contribution is -2.09. The first-order chi connectivity index (χ1) is 5.65. The molecule has 66 valence electrons. The van der Waals surface area contributed by atoms with Crippen LogP contribution in [-0.2, 0) is 0 Å². The van der Waals surface area contributed by atoms with Crippen molar-refractivity contribution in [1.82, 2.24) is 0 Å². The van der Waals surface area contributed by atoms with Gasteiger partial charge in [-0.1, -0.05) is 6.92 Å². The lowest BCUT2D eigenvalue weighted by atomic mass is 10.0. The molecule has 0 radical (unpaired) electrons. The molecule has 0 spiro atoms. The number of nitrogens with two attached hydrogens (primary N) is 2. The smallest absolute Gasteiger partial charge is 0.120 e. The Morgan fingerprint density at radius 1 is 1.50 bits per heavy atom. The predicted molar refractivity (Wildman–Crippen MR) is 49.7 cm³/mol. The quantitative estimate of drug-likeness (QED) is 0.459. The minimum Gasteiger partial charge on any atom is -0.508 e. The van der Waals surface area contributed by atoms with Gasteiger partial charge in [-0.3, -0.25) is 0 Å². The Kier molecular flexibility index (Phi) is 2.55. The van der Waals surface area contributed by atoms with Crippen LogP contribution in [0.1, 0.15) is 24.9 Å². The fourth-order valence-corrected chi connectivity index (χ4v) is 1.09. The zero-order chi connectivity index (χ0) is 9.14. The Morgan fingerprint density at radius 3 is 2.75 bits per heavy atom. The van der Waals surface area contributed by atoms with Gasteiger partial charge in [-0.25, -0.2) is 0 Å². The number of rotatable bonds is 2. The fraction of sp³-hybridized carbons (Fsp3) is 0.333. The number of hydrogen-bond acceptors (Lipinski definition) is 3. The van der Waals surface area contributed by atoms with Gasteiger partial charge in [-0.2, -0.15) is 0 Å². The highest BCUT2D eigenvalue weighted by Gasteiger charge is 2.08. The second kappa shape index (κ2) is 3.45. The monoisotopic (exact) mass is 166 g/mol. The summed E-state index contributed by atoms with van der Waals surface area (Å²) in [6.45, 7) is 1.97. The van der Waals surface area contributed by atoms with Gasteiger partial charge in [-0.05, 0) is 24.6 Å². The molecule has 1 atom stereocenters. The van der Waals surface area contributed by atoms with Crippen LogP contribution in [0, 0.1) is 0 Å². The lowest BCUT2D eigenvalue weighted by molar-refractivity contribution is 0.460. The number of phenols is 1. The Labute approximate surface area is 72.0 Å². The molecular formula is C9H14N2O. The van der Waals surface area contributed by atoms with E-state index in [0.29, 0.717) is 5.69 Å². The van der Waals surface area contributed by atoms with Gasteiger partial charge in [0, 0.05) is 17.3 Å². The summed E-state index contributed by atoms with van der Waals surface area (Å²) in [7, 11) is 0. The average Bonchev–Trinajstić information content (AvgIpc) is 2.08.